The zero-order valence-corrected chi connectivity index (χ0v) is 22.3. The van der Waals surface area contributed by atoms with E-state index in [1.54, 1.807) is 4.68 Å². The predicted molar refractivity (Wildman–Crippen MR) is 144 cm³/mol. The quantitative estimate of drug-likeness (QED) is 0.399. The molecule has 36 heavy (non-hydrogen) atoms. The summed E-state index contributed by atoms with van der Waals surface area (Å²) in [5, 5.41) is 13.1. The van der Waals surface area contributed by atoms with Gasteiger partial charge in [0.2, 0.25) is 5.95 Å². The Morgan fingerprint density at radius 1 is 1.19 bits per heavy atom. The number of halogens is 1. The van der Waals surface area contributed by atoms with Crippen molar-refractivity contribution in [2.45, 2.75) is 51.7 Å². The maximum Gasteiger partial charge on any atom is 0.225 e. The van der Waals surface area contributed by atoms with E-state index >= 15 is 0 Å². The summed E-state index contributed by atoms with van der Waals surface area (Å²) in [5.74, 6) is 2.18. The average molecular weight is 514 g/mol. The van der Waals surface area contributed by atoms with Gasteiger partial charge >= 0.3 is 0 Å². The maximum absolute atomic E-state index is 11.9. The van der Waals surface area contributed by atoms with Gasteiger partial charge in [-0.15, -0.1) is 0 Å². The Bertz CT molecular complexity index is 1190. The van der Waals surface area contributed by atoms with E-state index < -0.39 is 0 Å². The van der Waals surface area contributed by atoms with Crippen molar-refractivity contribution in [2.75, 3.05) is 44.6 Å². The van der Waals surface area contributed by atoms with Gasteiger partial charge in [-0.3, -0.25) is 4.79 Å². The topological polar surface area (TPSA) is 97.2 Å². The predicted octanol–water partition coefficient (Wildman–Crippen LogP) is 3.83. The molecule has 2 aromatic heterocycles. The number of benzene rings is 1. The van der Waals surface area contributed by atoms with Gasteiger partial charge in [0.05, 0.1) is 11.2 Å². The van der Waals surface area contributed by atoms with Crippen LogP contribution in [0.1, 0.15) is 36.9 Å². The van der Waals surface area contributed by atoms with Crippen molar-refractivity contribution in [1.29, 1.82) is 0 Å². The van der Waals surface area contributed by atoms with Crippen LogP contribution in [0, 0.1) is 12.8 Å². The number of methoxy groups -OCH3 is 1. The first kappa shape index (κ1) is 26.3. The Kier molecular flexibility index (Phi) is 8.77. The minimum absolute atomic E-state index is 0.0567. The molecule has 1 fully saturated rings. The molecule has 1 aliphatic rings. The van der Waals surface area contributed by atoms with E-state index in [0.29, 0.717) is 29.6 Å². The van der Waals surface area contributed by atoms with Gasteiger partial charge in [0.15, 0.2) is 5.78 Å². The van der Waals surface area contributed by atoms with Gasteiger partial charge < -0.3 is 20.3 Å². The fraction of sp³-hybridized carbons (Fsp3) is 0.538. The Morgan fingerprint density at radius 3 is 2.67 bits per heavy atom. The fourth-order valence-electron chi connectivity index (χ4n) is 4.83. The number of fused-ring (bicyclic) bond motifs is 1. The molecule has 10 heteroatoms. The van der Waals surface area contributed by atoms with Crippen LogP contribution in [-0.4, -0.2) is 65.9 Å². The van der Waals surface area contributed by atoms with Gasteiger partial charge in [-0.25, -0.2) is 9.67 Å². The molecular weight excluding hydrogens is 478 g/mol. The van der Waals surface area contributed by atoms with Crippen LogP contribution < -0.4 is 15.5 Å². The first-order chi connectivity index (χ1) is 17.4. The number of nitrogens with one attached hydrogen (secondary N) is 2. The maximum atomic E-state index is 11.9. The molecule has 4 rings (SSSR count). The first-order valence-corrected chi connectivity index (χ1v) is 12.9. The van der Waals surface area contributed by atoms with Crippen LogP contribution in [0.25, 0.3) is 10.9 Å². The highest BCUT2D eigenvalue weighted by atomic mass is 35.5. The van der Waals surface area contributed by atoms with E-state index in [4.69, 9.17) is 26.3 Å². The van der Waals surface area contributed by atoms with E-state index in [9.17, 15) is 4.79 Å². The highest BCUT2D eigenvalue weighted by molar-refractivity contribution is 6.30. The van der Waals surface area contributed by atoms with Gasteiger partial charge in [-0.1, -0.05) is 23.7 Å². The van der Waals surface area contributed by atoms with Crippen LogP contribution in [0.3, 0.4) is 0 Å². The SMILES string of the molecule is COCC(=O)Cn1nc(C)c(CNCC2CCC(Nc3nc(N(C)C)c4ccccc4n3)CC2)c1Cl. The van der Waals surface area contributed by atoms with Gasteiger partial charge in [-0.05, 0) is 57.2 Å². The largest absolute Gasteiger partial charge is 0.377 e. The third-order valence-electron chi connectivity index (χ3n) is 6.74. The number of aryl methyl sites for hydroxylation is 1. The number of hydrogen-bond donors (Lipinski definition) is 2. The third-order valence-corrected chi connectivity index (χ3v) is 7.16. The van der Waals surface area contributed by atoms with E-state index in [1.807, 2.05) is 44.1 Å². The molecule has 0 radical (unpaired) electrons. The van der Waals surface area contributed by atoms with E-state index in [2.05, 4.69) is 21.8 Å². The van der Waals surface area contributed by atoms with Gasteiger partial charge in [-0.2, -0.15) is 10.1 Å². The monoisotopic (exact) mass is 513 g/mol. The molecule has 194 valence electrons. The zero-order chi connectivity index (χ0) is 25.7. The zero-order valence-electron chi connectivity index (χ0n) is 21.6. The normalized spacial score (nSPS) is 17.9. The minimum atomic E-state index is -0.0567. The second-order valence-corrected chi connectivity index (χ2v) is 10.1. The number of rotatable bonds is 11. The van der Waals surface area contributed by atoms with E-state index in [0.717, 1.165) is 60.2 Å². The second kappa shape index (κ2) is 12.0. The number of ketones is 1. The lowest BCUT2D eigenvalue weighted by Crippen LogP contribution is -2.31. The molecule has 0 atom stereocenters. The number of nitrogens with zero attached hydrogens (tertiary/aromatic N) is 5. The van der Waals surface area contributed by atoms with Crippen molar-refractivity contribution in [3.05, 3.63) is 40.7 Å². The van der Waals surface area contributed by atoms with Crippen molar-refractivity contribution in [3.8, 4) is 0 Å². The number of ether oxygens (including phenoxy) is 1. The number of anilines is 2. The molecule has 0 amide bonds. The Labute approximate surface area is 217 Å². The van der Waals surface area contributed by atoms with E-state index in [1.165, 1.54) is 7.11 Å². The summed E-state index contributed by atoms with van der Waals surface area (Å²) in [6, 6.07) is 8.50. The number of para-hydroxylation sites is 1. The van der Waals surface area contributed by atoms with Crippen molar-refractivity contribution in [2.24, 2.45) is 5.92 Å². The van der Waals surface area contributed by atoms with E-state index in [-0.39, 0.29) is 18.9 Å². The molecule has 9 nitrogen and oxygen atoms in total. The average Bonchev–Trinajstić information content (AvgIpc) is 3.12. The summed E-state index contributed by atoms with van der Waals surface area (Å²) < 4.78 is 6.46. The molecule has 2 N–H and O–H groups in total. The fourth-order valence-corrected chi connectivity index (χ4v) is 5.13. The summed E-state index contributed by atoms with van der Waals surface area (Å²) in [7, 11) is 5.53. The van der Waals surface area contributed by atoms with Gasteiger partial charge in [0.25, 0.3) is 0 Å². The molecule has 0 unspecified atom stereocenters. The summed E-state index contributed by atoms with van der Waals surface area (Å²) in [6.07, 6.45) is 4.44. The van der Waals surface area contributed by atoms with Crippen molar-refractivity contribution < 1.29 is 9.53 Å². The van der Waals surface area contributed by atoms with Crippen LogP contribution in [0.15, 0.2) is 24.3 Å². The van der Waals surface area contributed by atoms with Crippen molar-refractivity contribution in [3.63, 3.8) is 0 Å². The standard InChI is InChI=1S/C26H36ClN7O2/c1-17-22(24(27)34(32-17)15-20(35)16-36-4)14-28-13-18-9-11-19(12-10-18)29-26-30-23-8-6-5-7-21(23)25(31-26)33(2)3/h5-8,18-19,28H,9-16H2,1-4H3,(H,29,30,31). The summed E-state index contributed by atoms with van der Waals surface area (Å²) in [6.45, 7) is 3.67. The lowest BCUT2D eigenvalue weighted by molar-refractivity contribution is -0.123. The lowest BCUT2D eigenvalue weighted by atomic mass is 9.86. The Hall–Kier alpha value is -2.75. The molecule has 0 saturated heterocycles. The Balaban J connectivity index is 1.27. The molecule has 2 heterocycles. The molecule has 0 bridgehead atoms. The van der Waals surface area contributed by atoms with Crippen LogP contribution in [0.4, 0.5) is 11.8 Å². The summed E-state index contributed by atoms with van der Waals surface area (Å²) in [5.41, 5.74) is 2.75. The van der Waals surface area contributed by atoms with Gasteiger partial charge in [0.1, 0.15) is 24.1 Å². The first-order valence-electron chi connectivity index (χ1n) is 12.5. The van der Waals surface area contributed by atoms with Crippen LogP contribution in [0.5, 0.6) is 0 Å². The lowest BCUT2D eigenvalue weighted by Gasteiger charge is -2.29. The smallest absolute Gasteiger partial charge is 0.225 e. The molecule has 1 aliphatic carbocycles. The minimum Gasteiger partial charge on any atom is -0.377 e. The van der Waals surface area contributed by atoms with Crippen molar-refractivity contribution >= 4 is 40.1 Å². The molecule has 0 aliphatic heterocycles. The second-order valence-electron chi connectivity index (χ2n) is 9.76. The van der Waals surface area contributed by atoms with Crippen molar-refractivity contribution in [1.82, 2.24) is 25.1 Å². The number of Topliss-reactive ketones (excluding diaryl/α,β-unsaturated/α-hetero) is 1. The third kappa shape index (κ3) is 6.32. The highest BCUT2D eigenvalue weighted by Gasteiger charge is 2.23. The van der Waals surface area contributed by atoms with Crippen LogP contribution >= 0.6 is 11.6 Å². The molecule has 1 aromatic carbocycles. The summed E-state index contributed by atoms with van der Waals surface area (Å²) in [4.78, 5) is 23.4. The number of aromatic nitrogens is 4. The highest BCUT2D eigenvalue weighted by Crippen LogP contribution is 2.28. The molecular formula is C26H36ClN7O2. The molecule has 3 aromatic rings. The Morgan fingerprint density at radius 2 is 1.94 bits per heavy atom. The van der Waals surface area contributed by atoms with Crippen LogP contribution in [-0.2, 0) is 22.6 Å². The number of hydrogen-bond acceptors (Lipinski definition) is 8. The molecule has 0 spiro atoms. The summed E-state index contributed by atoms with van der Waals surface area (Å²) >= 11 is 6.50. The molecule has 1 saturated carbocycles. The van der Waals surface area contributed by atoms with Gasteiger partial charge in [0, 0.05) is 44.7 Å². The van der Waals surface area contributed by atoms with Crippen LogP contribution in [0.2, 0.25) is 5.15 Å². The number of carbonyl (C=O) groups is 1. The number of carbonyl (C=O) groups excluding carboxylic acids is 1.